The highest BCUT2D eigenvalue weighted by atomic mass is 16.5. The van der Waals surface area contributed by atoms with Gasteiger partial charge in [0, 0.05) is 17.3 Å². The van der Waals surface area contributed by atoms with Crippen molar-refractivity contribution in [3.8, 4) is 0 Å². The number of hydrogen-bond donors (Lipinski definition) is 1. The molecule has 18 heavy (non-hydrogen) atoms. The fourth-order valence-corrected chi connectivity index (χ4v) is 1.62. The maximum Gasteiger partial charge on any atom is 0.354 e. The number of nitrogens with one attached hydrogen (secondary N) is 1. The predicted octanol–water partition coefficient (Wildman–Crippen LogP) is 2.34. The molecule has 0 unspecified atom stereocenters. The lowest BCUT2D eigenvalue weighted by atomic mass is 10.0. The van der Waals surface area contributed by atoms with Gasteiger partial charge in [0.25, 0.3) is 0 Å². The van der Waals surface area contributed by atoms with Crippen LogP contribution in [0.25, 0.3) is 0 Å². The molecule has 0 aliphatic heterocycles. The first-order valence-electron chi connectivity index (χ1n) is 5.50. The Morgan fingerprint density at radius 1 is 1.11 bits per heavy atom. The lowest BCUT2D eigenvalue weighted by Crippen LogP contribution is -2.01. The molecule has 0 radical (unpaired) electrons. The van der Waals surface area contributed by atoms with Gasteiger partial charge in [0.2, 0.25) is 0 Å². The van der Waals surface area contributed by atoms with Crippen LogP contribution in [0.3, 0.4) is 0 Å². The highest BCUT2D eigenvalue weighted by molar-refractivity contribution is 6.09. The van der Waals surface area contributed by atoms with Crippen LogP contribution in [-0.2, 0) is 4.74 Å². The second-order valence-electron chi connectivity index (χ2n) is 3.99. The Balaban J connectivity index is 2.26. The fraction of sp³-hybridized carbons (Fsp3) is 0.143. The maximum absolute atomic E-state index is 12.1. The minimum absolute atomic E-state index is 0.124. The van der Waals surface area contributed by atoms with E-state index in [1.54, 1.807) is 12.1 Å². The molecule has 4 heteroatoms. The lowest BCUT2D eigenvalue weighted by Gasteiger charge is -1.98. The van der Waals surface area contributed by atoms with Gasteiger partial charge in [0.05, 0.1) is 7.11 Å². The summed E-state index contributed by atoms with van der Waals surface area (Å²) in [6.45, 7) is 1.96. The van der Waals surface area contributed by atoms with Crippen LogP contribution in [0.5, 0.6) is 0 Å². The number of ketones is 1. The van der Waals surface area contributed by atoms with Crippen LogP contribution < -0.4 is 0 Å². The van der Waals surface area contributed by atoms with Gasteiger partial charge in [-0.05, 0) is 13.0 Å². The molecule has 1 heterocycles. The molecule has 0 aliphatic carbocycles. The Morgan fingerprint density at radius 2 is 1.78 bits per heavy atom. The van der Waals surface area contributed by atoms with E-state index in [1.807, 2.05) is 19.1 Å². The van der Waals surface area contributed by atoms with E-state index in [9.17, 15) is 9.59 Å². The normalized spacial score (nSPS) is 10.1. The number of methoxy groups -OCH3 is 1. The van der Waals surface area contributed by atoms with E-state index in [-0.39, 0.29) is 11.5 Å². The molecular weight excluding hydrogens is 230 g/mol. The third kappa shape index (κ3) is 2.32. The molecule has 1 aromatic carbocycles. The number of ether oxygens (including phenoxy) is 1. The van der Waals surface area contributed by atoms with Gasteiger partial charge in [-0.3, -0.25) is 4.79 Å². The standard InChI is InChI=1S/C14H13NO3/c1-9-3-5-10(6-4-9)13(16)11-7-12(15-8-11)14(17)18-2/h3-8,15H,1-2H3. The molecular formula is C14H13NO3. The number of hydrogen-bond acceptors (Lipinski definition) is 3. The van der Waals surface area contributed by atoms with Gasteiger partial charge in [-0.2, -0.15) is 0 Å². The minimum atomic E-state index is -0.488. The van der Waals surface area contributed by atoms with Gasteiger partial charge in [-0.15, -0.1) is 0 Å². The number of rotatable bonds is 3. The highest BCUT2D eigenvalue weighted by Crippen LogP contribution is 2.12. The summed E-state index contributed by atoms with van der Waals surface area (Å²) in [5.74, 6) is -0.612. The van der Waals surface area contributed by atoms with Gasteiger partial charge in [0.15, 0.2) is 5.78 Å². The number of aromatic amines is 1. The van der Waals surface area contributed by atoms with Gasteiger partial charge >= 0.3 is 5.97 Å². The number of carbonyl (C=O) groups is 2. The number of esters is 1. The van der Waals surface area contributed by atoms with Crippen molar-refractivity contribution in [2.24, 2.45) is 0 Å². The molecule has 0 fully saturated rings. The van der Waals surface area contributed by atoms with E-state index < -0.39 is 5.97 Å². The number of benzene rings is 1. The molecule has 0 saturated heterocycles. The van der Waals surface area contributed by atoms with Crippen LogP contribution in [-0.4, -0.2) is 23.8 Å². The zero-order valence-corrected chi connectivity index (χ0v) is 10.2. The average molecular weight is 243 g/mol. The largest absolute Gasteiger partial charge is 0.464 e. The molecule has 0 spiro atoms. The Morgan fingerprint density at radius 3 is 2.39 bits per heavy atom. The topological polar surface area (TPSA) is 59.2 Å². The summed E-state index contributed by atoms with van der Waals surface area (Å²) in [6.07, 6.45) is 1.51. The summed E-state index contributed by atoms with van der Waals surface area (Å²) >= 11 is 0. The molecule has 4 nitrogen and oxygen atoms in total. The van der Waals surface area contributed by atoms with Gasteiger partial charge in [-0.1, -0.05) is 29.8 Å². The Bertz CT molecular complexity index is 581. The first-order chi connectivity index (χ1) is 8.61. The number of carbonyl (C=O) groups excluding carboxylic acids is 2. The summed E-state index contributed by atoms with van der Waals surface area (Å²) in [5.41, 5.74) is 2.40. The van der Waals surface area contributed by atoms with E-state index in [1.165, 1.54) is 19.4 Å². The molecule has 2 rings (SSSR count). The molecule has 1 N–H and O–H groups in total. The van der Waals surface area contributed by atoms with Crippen molar-refractivity contribution in [1.29, 1.82) is 0 Å². The minimum Gasteiger partial charge on any atom is -0.464 e. The monoisotopic (exact) mass is 243 g/mol. The van der Waals surface area contributed by atoms with Crippen molar-refractivity contribution in [1.82, 2.24) is 4.98 Å². The average Bonchev–Trinajstić information content (AvgIpc) is 2.87. The Hall–Kier alpha value is -2.36. The van der Waals surface area contributed by atoms with Crippen LogP contribution >= 0.6 is 0 Å². The summed E-state index contributed by atoms with van der Waals surface area (Å²) < 4.78 is 4.57. The van der Waals surface area contributed by atoms with Crippen LogP contribution in [0, 0.1) is 6.92 Å². The zero-order valence-electron chi connectivity index (χ0n) is 10.2. The Labute approximate surface area is 105 Å². The van der Waals surface area contributed by atoms with Gasteiger partial charge in [-0.25, -0.2) is 4.79 Å². The molecule has 0 atom stereocenters. The van der Waals surface area contributed by atoms with E-state index >= 15 is 0 Å². The molecule has 1 aromatic heterocycles. The molecule has 0 saturated carbocycles. The van der Waals surface area contributed by atoms with E-state index in [2.05, 4.69) is 9.72 Å². The van der Waals surface area contributed by atoms with Crippen molar-refractivity contribution in [3.63, 3.8) is 0 Å². The van der Waals surface area contributed by atoms with Crippen LogP contribution in [0.4, 0.5) is 0 Å². The van der Waals surface area contributed by atoms with Crippen molar-refractivity contribution < 1.29 is 14.3 Å². The molecule has 92 valence electrons. The molecule has 0 bridgehead atoms. The second-order valence-corrected chi connectivity index (χ2v) is 3.99. The first-order valence-corrected chi connectivity index (χ1v) is 5.50. The summed E-state index contributed by atoms with van der Waals surface area (Å²) in [6, 6.07) is 8.78. The SMILES string of the molecule is COC(=O)c1cc(C(=O)c2ccc(C)cc2)c[nH]1. The van der Waals surface area contributed by atoms with Crippen molar-refractivity contribution in [2.75, 3.05) is 7.11 Å². The maximum atomic E-state index is 12.1. The summed E-state index contributed by atoms with van der Waals surface area (Å²) in [4.78, 5) is 26.1. The third-order valence-corrected chi connectivity index (χ3v) is 2.66. The smallest absolute Gasteiger partial charge is 0.354 e. The number of aryl methyl sites for hydroxylation is 1. The van der Waals surface area contributed by atoms with Crippen molar-refractivity contribution in [2.45, 2.75) is 6.92 Å². The van der Waals surface area contributed by atoms with Crippen molar-refractivity contribution in [3.05, 3.63) is 58.9 Å². The third-order valence-electron chi connectivity index (χ3n) is 2.66. The zero-order chi connectivity index (χ0) is 13.1. The van der Waals surface area contributed by atoms with Gasteiger partial charge in [0.1, 0.15) is 5.69 Å². The molecule has 2 aromatic rings. The molecule has 0 amide bonds. The van der Waals surface area contributed by atoms with Crippen LogP contribution in [0.2, 0.25) is 0 Å². The van der Waals surface area contributed by atoms with Gasteiger partial charge < -0.3 is 9.72 Å². The van der Waals surface area contributed by atoms with Crippen LogP contribution in [0.15, 0.2) is 36.5 Å². The molecule has 0 aliphatic rings. The van der Waals surface area contributed by atoms with E-state index in [0.717, 1.165) is 5.56 Å². The number of aromatic nitrogens is 1. The van der Waals surface area contributed by atoms with Crippen molar-refractivity contribution >= 4 is 11.8 Å². The first kappa shape index (κ1) is 12.1. The lowest BCUT2D eigenvalue weighted by molar-refractivity contribution is 0.0595. The Kier molecular flexibility index (Phi) is 3.28. The van der Waals surface area contributed by atoms with E-state index in [4.69, 9.17) is 0 Å². The number of H-pyrrole nitrogens is 1. The highest BCUT2D eigenvalue weighted by Gasteiger charge is 2.14. The summed E-state index contributed by atoms with van der Waals surface area (Å²) in [7, 11) is 1.30. The fourth-order valence-electron chi connectivity index (χ4n) is 1.62. The second kappa shape index (κ2) is 4.87. The predicted molar refractivity (Wildman–Crippen MR) is 66.7 cm³/mol. The van der Waals surface area contributed by atoms with Crippen LogP contribution in [0.1, 0.15) is 32.0 Å². The summed E-state index contributed by atoms with van der Waals surface area (Å²) in [5, 5.41) is 0. The van der Waals surface area contributed by atoms with E-state index in [0.29, 0.717) is 11.1 Å². The quantitative estimate of drug-likeness (QED) is 0.665.